The van der Waals surface area contributed by atoms with Gasteiger partial charge >= 0.3 is 5.97 Å². The van der Waals surface area contributed by atoms with E-state index in [-0.39, 0.29) is 6.61 Å². The van der Waals surface area contributed by atoms with Crippen LogP contribution in [0.5, 0.6) is 0 Å². The number of hydrogen-bond donors (Lipinski definition) is 1. The number of rotatable bonds is 2. The van der Waals surface area contributed by atoms with Gasteiger partial charge in [-0.05, 0) is 19.9 Å². The van der Waals surface area contributed by atoms with Crippen molar-refractivity contribution in [3.63, 3.8) is 0 Å². The lowest BCUT2D eigenvalue weighted by Gasteiger charge is -2.46. The zero-order chi connectivity index (χ0) is 15.3. The maximum Gasteiger partial charge on any atom is 0.339 e. The highest BCUT2D eigenvalue weighted by molar-refractivity contribution is 6.26. The van der Waals surface area contributed by atoms with Gasteiger partial charge in [-0.1, -0.05) is 29.8 Å². The smallest absolute Gasteiger partial charge is 0.339 e. The van der Waals surface area contributed by atoms with Crippen molar-refractivity contribution in [1.29, 1.82) is 0 Å². The fourth-order valence-electron chi connectivity index (χ4n) is 2.77. The molecule has 0 bridgehead atoms. The third kappa shape index (κ3) is 1.81. The van der Waals surface area contributed by atoms with Gasteiger partial charge in [-0.3, -0.25) is 0 Å². The third-order valence-electron chi connectivity index (χ3n) is 3.86. The highest BCUT2D eigenvalue weighted by Gasteiger charge is 2.55. The van der Waals surface area contributed by atoms with Crippen LogP contribution in [0, 0.1) is 0 Å². The van der Waals surface area contributed by atoms with Crippen molar-refractivity contribution in [1.82, 2.24) is 9.55 Å². The molecule has 1 aromatic carbocycles. The normalized spacial score (nSPS) is 23.5. The Hall–Kier alpha value is -1.85. The zero-order valence-corrected chi connectivity index (χ0v) is 12.5. The van der Waals surface area contributed by atoms with Crippen LogP contribution in [-0.2, 0) is 16.3 Å². The molecule has 3 rings (SSSR count). The number of esters is 1. The molecule has 6 heteroatoms. The van der Waals surface area contributed by atoms with Crippen LogP contribution in [0.15, 0.2) is 36.8 Å². The van der Waals surface area contributed by atoms with E-state index in [1.54, 1.807) is 42.8 Å². The van der Waals surface area contributed by atoms with E-state index >= 15 is 0 Å². The molecule has 0 aliphatic carbocycles. The molecule has 0 saturated heterocycles. The first kappa shape index (κ1) is 14.1. The molecule has 1 aromatic heterocycles. The number of aliphatic hydroxyl groups excluding tert-OH is 1. The second-order valence-electron chi connectivity index (χ2n) is 5.48. The van der Waals surface area contributed by atoms with Gasteiger partial charge in [0, 0.05) is 5.56 Å². The molecule has 0 amide bonds. The number of aliphatic hydroxyl groups is 1. The number of carbonyl (C=O) groups is 1. The predicted molar refractivity (Wildman–Crippen MR) is 77.0 cm³/mol. The van der Waals surface area contributed by atoms with Crippen molar-refractivity contribution in [3.8, 4) is 0 Å². The molecule has 21 heavy (non-hydrogen) atoms. The summed E-state index contributed by atoms with van der Waals surface area (Å²) >= 11 is 6.95. The second-order valence-corrected chi connectivity index (χ2v) is 6.03. The highest BCUT2D eigenvalue weighted by Crippen LogP contribution is 2.48. The molecule has 0 spiro atoms. The number of fused-ring (bicyclic) bond motifs is 1. The van der Waals surface area contributed by atoms with Crippen molar-refractivity contribution < 1.29 is 14.6 Å². The number of aromatic nitrogens is 2. The summed E-state index contributed by atoms with van der Waals surface area (Å²) in [5.74, 6) is -0.405. The lowest BCUT2D eigenvalue weighted by molar-refractivity contribution is -0.0386. The van der Waals surface area contributed by atoms with Crippen LogP contribution >= 0.6 is 11.6 Å². The van der Waals surface area contributed by atoms with Crippen molar-refractivity contribution in [2.45, 2.75) is 31.1 Å². The lowest BCUT2D eigenvalue weighted by atomic mass is 9.84. The van der Waals surface area contributed by atoms with E-state index in [0.29, 0.717) is 16.8 Å². The van der Waals surface area contributed by atoms with Crippen molar-refractivity contribution in [3.05, 3.63) is 53.6 Å². The van der Waals surface area contributed by atoms with Crippen LogP contribution in [0.3, 0.4) is 0 Å². The van der Waals surface area contributed by atoms with Gasteiger partial charge in [0.1, 0.15) is 5.60 Å². The highest BCUT2D eigenvalue weighted by atomic mass is 35.5. The summed E-state index contributed by atoms with van der Waals surface area (Å²) in [4.78, 5) is 15.0. The largest absolute Gasteiger partial charge is 0.452 e. The minimum absolute atomic E-state index is 0.208. The quantitative estimate of drug-likeness (QED) is 0.683. The molecule has 1 atom stereocenters. The Morgan fingerprint density at radius 2 is 2.10 bits per heavy atom. The molecule has 1 unspecified atom stereocenters. The van der Waals surface area contributed by atoms with Crippen molar-refractivity contribution in [2.75, 3.05) is 0 Å². The van der Waals surface area contributed by atoms with E-state index in [2.05, 4.69) is 4.98 Å². The van der Waals surface area contributed by atoms with Crippen molar-refractivity contribution in [2.24, 2.45) is 0 Å². The summed E-state index contributed by atoms with van der Waals surface area (Å²) in [5, 5.41) is 9.50. The third-order valence-corrected chi connectivity index (χ3v) is 4.70. The predicted octanol–water partition coefficient (Wildman–Crippen LogP) is 2.26. The van der Waals surface area contributed by atoms with E-state index in [1.165, 1.54) is 6.33 Å². The topological polar surface area (TPSA) is 64.4 Å². The van der Waals surface area contributed by atoms with Crippen molar-refractivity contribution >= 4 is 17.6 Å². The summed E-state index contributed by atoms with van der Waals surface area (Å²) in [6.45, 7) is 3.28. The Balaban J connectivity index is 2.33. The molecule has 1 N–H and O–H groups in total. The monoisotopic (exact) mass is 306 g/mol. The summed E-state index contributed by atoms with van der Waals surface area (Å²) in [7, 11) is 0. The molecular weight excluding hydrogens is 292 g/mol. The van der Waals surface area contributed by atoms with Gasteiger partial charge in [-0.15, -0.1) is 0 Å². The molecule has 1 aliphatic heterocycles. The standard InChI is InChI=1S/C15H15ClN2O3/c1-14(2)15(16,18-9-17-7-10(18)8-19)12-6-4-3-5-11(12)13(20)21-14/h3-7,9,19H,8H2,1-2H3. The Kier molecular flexibility index (Phi) is 3.07. The number of imidazole rings is 1. The first-order chi connectivity index (χ1) is 9.91. The van der Waals surface area contributed by atoms with Crippen LogP contribution in [0.1, 0.15) is 35.5 Å². The number of ether oxygens (including phenoxy) is 1. The Morgan fingerprint density at radius 3 is 2.81 bits per heavy atom. The summed E-state index contributed by atoms with van der Waals surface area (Å²) in [6, 6.07) is 7.06. The van der Waals surface area contributed by atoms with E-state index in [0.717, 1.165) is 0 Å². The molecule has 110 valence electrons. The average molecular weight is 307 g/mol. The first-order valence-corrected chi connectivity index (χ1v) is 6.94. The average Bonchev–Trinajstić information content (AvgIpc) is 2.93. The molecule has 1 aliphatic rings. The maximum absolute atomic E-state index is 12.2. The Bertz CT molecular complexity index is 710. The van der Waals surface area contributed by atoms with E-state index in [9.17, 15) is 9.90 Å². The number of carbonyl (C=O) groups excluding carboxylic acids is 1. The van der Waals surface area contributed by atoms with Gasteiger partial charge in [-0.25, -0.2) is 9.78 Å². The zero-order valence-electron chi connectivity index (χ0n) is 11.7. The Labute approximate surface area is 127 Å². The first-order valence-electron chi connectivity index (χ1n) is 6.56. The molecule has 2 aromatic rings. The van der Waals surface area contributed by atoms with Gasteiger partial charge in [0.05, 0.1) is 30.4 Å². The van der Waals surface area contributed by atoms with Crippen LogP contribution in [0.2, 0.25) is 0 Å². The van der Waals surface area contributed by atoms with E-state index in [1.807, 2.05) is 6.07 Å². The van der Waals surface area contributed by atoms with Gasteiger partial charge in [0.2, 0.25) is 0 Å². The molecule has 5 nitrogen and oxygen atoms in total. The molecule has 2 heterocycles. The van der Waals surface area contributed by atoms with Crippen LogP contribution in [-0.4, -0.2) is 26.2 Å². The summed E-state index contributed by atoms with van der Waals surface area (Å²) in [6.07, 6.45) is 3.08. The number of halogens is 1. The fraction of sp³-hybridized carbons (Fsp3) is 0.333. The van der Waals surface area contributed by atoms with Crippen LogP contribution in [0.4, 0.5) is 0 Å². The van der Waals surface area contributed by atoms with Crippen LogP contribution < -0.4 is 0 Å². The Morgan fingerprint density at radius 1 is 1.38 bits per heavy atom. The van der Waals surface area contributed by atoms with E-state index < -0.39 is 16.6 Å². The molecular formula is C15H15ClN2O3. The number of alkyl halides is 1. The lowest BCUT2D eigenvalue weighted by Crippen LogP contribution is -2.55. The van der Waals surface area contributed by atoms with Crippen LogP contribution in [0.25, 0.3) is 0 Å². The minimum Gasteiger partial charge on any atom is -0.452 e. The summed E-state index contributed by atoms with van der Waals surface area (Å²) < 4.78 is 7.19. The van der Waals surface area contributed by atoms with Gasteiger partial charge in [0.25, 0.3) is 0 Å². The van der Waals surface area contributed by atoms with Gasteiger partial charge < -0.3 is 14.4 Å². The van der Waals surface area contributed by atoms with E-state index in [4.69, 9.17) is 16.3 Å². The van der Waals surface area contributed by atoms with Gasteiger partial charge in [-0.2, -0.15) is 0 Å². The number of benzene rings is 1. The molecule has 0 fully saturated rings. The molecule has 0 saturated carbocycles. The second kappa shape index (κ2) is 4.58. The number of hydrogen-bond acceptors (Lipinski definition) is 4. The maximum atomic E-state index is 12.2. The SMILES string of the molecule is CC1(C)OC(=O)c2ccccc2C1(Cl)n1cncc1CO. The fourth-order valence-corrected chi connectivity index (χ4v) is 3.12. The number of nitrogens with zero attached hydrogens (tertiary/aromatic N) is 2. The molecule has 0 radical (unpaired) electrons. The van der Waals surface area contributed by atoms with Gasteiger partial charge in [0.15, 0.2) is 5.00 Å². The minimum atomic E-state index is -1.17. The number of cyclic esters (lactones) is 1. The summed E-state index contributed by atoms with van der Waals surface area (Å²) in [5.41, 5.74) is 0.598.